The number of nitrogens with one attached hydrogen (secondary N) is 3. The van der Waals surface area contributed by atoms with Crippen LogP contribution in [-0.4, -0.2) is 49.6 Å². The second kappa shape index (κ2) is 20.1. The quantitative estimate of drug-likeness (QED) is 0.250. The van der Waals surface area contributed by atoms with Crippen molar-refractivity contribution in [2.75, 3.05) is 26.7 Å². The van der Waals surface area contributed by atoms with Crippen LogP contribution in [0.4, 0.5) is 0 Å². The SMILES string of the molecule is CNC(=O)CNC(=O)CCCCCCCCCCC(=O)NCCCCCCO. The largest absolute Gasteiger partial charge is 0.396 e. The lowest BCUT2D eigenvalue weighted by Crippen LogP contribution is -2.34. The summed E-state index contributed by atoms with van der Waals surface area (Å²) in [6.07, 6.45) is 13.6. The standard InChI is InChI=1S/C21H41N3O4/c1-22-21(28)18-24-20(27)15-11-7-5-3-2-4-6-10-14-19(26)23-16-12-8-9-13-17-25/h25H,2-18H2,1H3,(H,22,28)(H,23,26)(H,24,27). The molecule has 0 rings (SSSR count). The minimum atomic E-state index is -0.180. The molecule has 164 valence electrons. The van der Waals surface area contributed by atoms with Crippen LogP contribution in [0.1, 0.15) is 89.9 Å². The number of amides is 3. The van der Waals surface area contributed by atoms with Gasteiger partial charge in [0.15, 0.2) is 0 Å². The number of unbranched alkanes of at least 4 members (excludes halogenated alkanes) is 10. The molecule has 0 aromatic rings. The van der Waals surface area contributed by atoms with E-state index < -0.39 is 0 Å². The van der Waals surface area contributed by atoms with Crippen LogP contribution >= 0.6 is 0 Å². The van der Waals surface area contributed by atoms with Gasteiger partial charge in [0, 0.05) is 33.0 Å². The van der Waals surface area contributed by atoms with Crippen molar-refractivity contribution in [1.29, 1.82) is 0 Å². The van der Waals surface area contributed by atoms with E-state index in [1.807, 2.05) is 0 Å². The molecule has 0 aliphatic heterocycles. The maximum atomic E-state index is 11.7. The van der Waals surface area contributed by atoms with Crippen LogP contribution in [0.5, 0.6) is 0 Å². The lowest BCUT2D eigenvalue weighted by atomic mass is 10.1. The van der Waals surface area contributed by atoms with Crippen LogP contribution in [0, 0.1) is 0 Å². The lowest BCUT2D eigenvalue weighted by Gasteiger charge is -2.06. The number of likely N-dealkylation sites (N-methyl/N-ethyl adjacent to an activating group) is 1. The average molecular weight is 400 g/mol. The Morgan fingerprint density at radius 1 is 0.607 bits per heavy atom. The molecule has 0 aliphatic carbocycles. The van der Waals surface area contributed by atoms with Gasteiger partial charge in [0.1, 0.15) is 0 Å². The molecule has 0 atom stereocenters. The van der Waals surface area contributed by atoms with Crippen molar-refractivity contribution in [1.82, 2.24) is 16.0 Å². The molecular weight excluding hydrogens is 358 g/mol. The topological polar surface area (TPSA) is 108 Å². The number of hydrogen-bond acceptors (Lipinski definition) is 4. The monoisotopic (exact) mass is 399 g/mol. The summed E-state index contributed by atoms with van der Waals surface area (Å²) in [6, 6.07) is 0. The van der Waals surface area contributed by atoms with Crippen molar-refractivity contribution in [3.8, 4) is 0 Å². The molecule has 0 heterocycles. The first-order valence-corrected chi connectivity index (χ1v) is 10.9. The van der Waals surface area contributed by atoms with E-state index in [1.165, 1.54) is 12.8 Å². The zero-order chi connectivity index (χ0) is 20.9. The van der Waals surface area contributed by atoms with Gasteiger partial charge in [-0.2, -0.15) is 0 Å². The van der Waals surface area contributed by atoms with Crippen molar-refractivity contribution in [2.24, 2.45) is 0 Å². The molecule has 0 saturated heterocycles. The normalized spacial score (nSPS) is 10.5. The average Bonchev–Trinajstić information content (AvgIpc) is 2.70. The van der Waals surface area contributed by atoms with Gasteiger partial charge in [-0.05, 0) is 25.7 Å². The molecule has 0 aromatic heterocycles. The molecule has 0 fully saturated rings. The zero-order valence-electron chi connectivity index (χ0n) is 17.7. The van der Waals surface area contributed by atoms with Gasteiger partial charge in [-0.25, -0.2) is 0 Å². The summed E-state index contributed by atoms with van der Waals surface area (Å²) in [7, 11) is 1.55. The first-order chi connectivity index (χ1) is 13.6. The molecule has 28 heavy (non-hydrogen) atoms. The molecule has 0 spiro atoms. The third kappa shape index (κ3) is 19.1. The smallest absolute Gasteiger partial charge is 0.239 e. The van der Waals surface area contributed by atoms with Crippen molar-refractivity contribution in [2.45, 2.75) is 89.9 Å². The van der Waals surface area contributed by atoms with Crippen LogP contribution in [-0.2, 0) is 14.4 Å². The Balaban J connectivity index is 3.27. The summed E-state index contributed by atoms with van der Waals surface area (Å²) < 4.78 is 0. The molecule has 0 bridgehead atoms. The number of hydrogen-bond donors (Lipinski definition) is 4. The van der Waals surface area contributed by atoms with Gasteiger partial charge in [0.05, 0.1) is 6.54 Å². The van der Waals surface area contributed by atoms with Gasteiger partial charge in [-0.15, -0.1) is 0 Å². The van der Waals surface area contributed by atoms with E-state index >= 15 is 0 Å². The maximum absolute atomic E-state index is 11.7. The number of carbonyl (C=O) groups is 3. The second-order valence-electron chi connectivity index (χ2n) is 7.27. The van der Waals surface area contributed by atoms with E-state index in [9.17, 15) is 14.4 Å². The molecule has 0 saturated carbocycles. The van der Waals surface area contributed by atoms with Crippen molar-refractivity contribution >= 4 is 17.7 Å². The predicted molar refractivity (Wildman–Crippen MR) is 112 cm³/mol. The summed E-state index contributed by atoms with van der Waals surface area (Å²) in [5.41, 5.74) is 0. The third-order valence-electron chi connectivity index (χ3n) is 4.69. The highest BCUT2D eigenvalue weighted by molar-refractivity contribution is 5.84. The van der Waals surface area contributed by atoms with Gasteiger partial charge >= 0.3 is 0 Å². The zero-order valence-corrected chi connectivity index (χ0v) is 17.7. The minimum absolute atomic E-state index is 0.0536. The molecule has 0 aromatic carbocycles. The first-order valence-electron chi connectivity index (χ1n) is 10.9. The van der Waals surface area contributed by atoms with E-state index in [0.717, 1.165) is 70.8 Å². The Morgan fingerprint density at radius 3 is 1.61 bits per heavy atom. The predicted octanol–water partition coefficient (Wildman–Crippen LogP) is 2.42. The maximum Gasteiger partial charge on any atom is 0.239 e. The second-order valence-corrected chi connectivity index (χ2v) is 7.27. The highest BCUT2D eigenvalue weighted by Crippen LogP contribution is 2.10. The number of rotatable bonds is 19. The number of aliphatic hydroxyl groups excluding tert-OH is 1. The molecule has 0 radical (unpaired) electrons. The number of carbonyl (C=O) groups excluding carboxylic acids is 3. The third-order valence-corrected chi connectivity index (χ3v) is 4.69. The number of aliphatic hydroxyl groups is 1. The van der Waals surface area contributed by atoms with Crippen LogP contribution in [0.3, 0.4) is 0 Å². The highest BCUT2D eigenvalue weighted by Gasteiger charge is 2.04. The van der Waals surface area contributed by atoms with Crippen LogP contribution in [0.25, 0.3) is 0 Å². The van der Waals surface area contributed by atoms with Gasteiger partial charge in [-0.3, -0.25) is 14.4 Å². The fourth-order valence-corrected chi connectivity index (χ4v) is 2.89. The van der Waals surface area contributed by atoms with Crippen LogP contribution in [0.2, 0.25) is 0 Å². The molecule has 0 aliphatic rings. The van der Waals surface area contributed by atoms with E-state index in [0.29, 0.717) is 12.8 Å². The van der Waals surface area contributed by atoms with E-state index in [-0.39, 0.29) is 30.9 Å². The van der Waals surface area contributed by atoms with Gasteiger partial charge < -0.3 is 21.1 Å². The Kier molecular flexibility index (Phi) is 18.9. The fourth-order valence-electron chi connectivity index (χ4n) is 2.89. The molecule has 7 nitrogen and oxygen atoms in total. The van der Waals surface area contributed by atoms with Gasteiger partial charge in [0.2, 0.25) is 17.7 Å². The molecular formula is C21H41N3O4. The van der Waals surface area contributed by atoms with Crippen molar-refractivity contribution in [3.05, 3.63) is 0 Å². The van der Waals surface area contributed by atoms with Gasteiger partial charge in [0.25, 0.3) is 0 Å². The Bertz CT molecular complexity index is 416. The summed E-state index contributed by atoms with van der Waals surface area (Å²) in [6.45, 7) is 1.05. The summed E-state index contributed by atoms with van der Waals surface area (Å²) in [4.78, 5) is 34.2. The summed E-state index contributed by atoms with van der Waals surface area (Å²) in [5, 5.41) is 16.7. The first kappa shape index (κ1) is 26.4. The van der Waals surface area contributed by atoms with E-state index in [1.54, 1.807) is 7.05 Å². The van der Waals surface area contributed by atoms with Crippen LogP contribution < -0.4 is 16.0 Å². The fraction of sp³-hybridized carbons (Fsp3) is 0.857. The Hall–Kier alpha value is -1.63. The Morgan fingerprint density at radius 2 is 1.07 bits per heavy atom. The van der Waals surface area contributed by atoms with Crippen LogP contribution in [0.15, 0.2) is 0 Å². The minimum Gasteiger partial charge on any atom is -0.396 e. The Labute approximate surface area is 170 Å². The van der Waals surface area contributed by atoms with E-state index in [4.69, 9.17) is 5.11 Å². The van der Waals surface area contributed by atoms with Gasteiger partial charge in [-0.1, -0.05) is 51.4 Å². The highest BCUT2D eigenvalue weighted by atomic mass is 16.3. The molecule has 4 N–H and O–H groups in total. The molecule has 3 amide bonds. The molecule has 7 heteroatoms. The summed E-state index contributed by atoms with van der Waals surface area (Å²) in [5.74, 6) is -0.0936. The lowest BCUT2D eigenvalue weighted by molar-refractivity contribution is -0.125. The molecule has 0 unspecified atom stereocenters. The summed E-state index contributed by atoms with van der Waals surface area (Å²) >= 11 is 0. The van der Waals surface area contributed by atoms with Crippen molar-refractivity contribution < 1.29 is 19.5 Å². The van der Waals surface area contributed by atoms with Crippen molar-refractivity contribution in [3.63, 3.8) is 0 Å². The van der Waals surface area contributed by atoms with E-state index in [2.05, 4.69) is 16.0 Å².